The van der Waals surface area contributed by atoms with Gasteiger partial charge >= 0.3 is 12.2 Å². The smallest absolute Gasteiger partial charge is 0.426 e. The fourth-order valence-electron chi connectivity index (χ4n) is 3.95. The second-order valence-electron chi connectivity index (χ2n) is 9.94. The average molecular weight is 503 g/mol. The molecule has 1 aromatic carbocycles. The first-order valence-electron chi connectivity index (χ1n) is 12.8. The zero-order valence-electron chi connectivity index (χ0n) is 21.3. The molecular formula is C26H38N4O6. The Hall–Kier alpha value is -3.14. The molecule has 1 saturated carbocycles. The number of cyclic esters (lactones) is 1. The Morgan fingerprint density at radius 3 is 2.50 bits per heavy atom. The lowest BCUT2D eigenvalue weighted by molar-refractivity contribution is -0.134. The lowest BCUT2D eigenvalue weighted by Gasteiger charge is -2.25. The molecule has 36 heavy (non-hydrogen) atoms. The van der Waals surface area contributed by atoms with Crippen molar-refractivity contribution in [2.45, 2.75) is 84.2 Å². The van der Waals surface area contributed by atoms with Crippen LogP contribution in [0, 0.1) is 11.8 Å². The van der Waals surface area contributed by atoms with E-state index in [9.17, 15) is 19.2 Å². The number of rotatable bonds is 14. The third-order valence-electron chi connectivity index (χ3n) is 6.14. The molecule has 3 rings (SSSR count). The van der Waals surface area contributed by atoms with Crippen LogP contribution in [0.25, 0.3) is 0 Å². The number of amides is 3. The Morgan fingerprint density at radius 2 is 1.86 bits per heavy atom. The number of benzene rings is 1. The van der Waals surface area contributed by atoms with Crippen molar-refractivity contribution in [1.29, 1.82) is 0 Å². The van der Waals surface area contributed by atoms with Gasteiger partial charge in [-0.05, 0) is 43.1 Å². The molecule has 1 aliphatic heterocycles. The van der Waals surface area contributed by atoms with Gasteiger partial charge in [-0.2, -0.15) is 5.43 Å². The first-order valence-corrected chi connectivity index (χ1v) is 12.8. The van der Waals surface area contributed by atoms with Crippen LogP contribution < -0.4 is 16.1 Å². The third-order valence-corrected chi connectivity index (χ3v) is 6.14. The van der Waals surface area contributed by atoms with Gasteiger partial charge in [0.1, 0.15) is 12.6 Å². The van der Waals surface area contributed by atoms with Crippen molar-refractivity contribution in [2.75, 3.05) is 6.54 Å². The van der Waals surface area contributed by atoms with Crippen molar-refractivity contribution >= 4 is 23.9 Å². The number of nitrogens with zero attached hydrogens (tertiary/aromatic N) is 1. The molecule has 0 radical (unpaired) electrons. The van der Waals surface area contributed by atoms with Gasteiger partial charge in [0.05, 0.1) is 6.04 Å². The number of alkyl carbamates (subject to hydrolysis) is 1. The number of ketones is 1. The van der Waals surface area contributed by atoms with Crippen LogP contribution in [0.15, 0.2) is 30.3 Å². The van der Waals surface area contributed by atoms with Gasteiger partial charge in [0, 0.05) is 6.54 Å². The Kier molecular flexibility index (Phi) is 10.1. The van der Waals surface area contributed by atoms with Gasteiger partial charge in [-0.25, -0.2) is 14.6 Å². The fourth-order valence-corrected chi connectivity index (χ4v) is 3.95. The summed E-state index contributed by atoms with van der Waals surface area (Å²) in [6, 6.07) is 7.50. The summed E-state index contributed by atoms with van der Waals surface area (Å²) < 4.78 is 10.5. The standard InChI is InChI=1S/C26H38N4O6/c1-4-5-11-20(22(31)24-29-30(26(34)36-24)15-18-12-13-18)27-23(32)21(14-17(2)3)28-25(33)35-16-19-9-7-6-8-10-19/h6-10,17-18,20-21,24,29H,4-5,11-16H2,1-3H3,(H,27,32)(H,28,33)/t20-,21-,24?/m0/s1. The van der Waals surface area contributed by atoms with Crippen LogP contribution in [0.4, 0.5) is 9.59 Å². The number of nitrogens with one attached hydrogen (secondary N) is 3. The molecule has 1 saturated heterocycles. The number of carbonyl (C=O) groups excluding carboxylic acids is 4. The van der Waals surface area contributed by atoms with E-state index < -0.39 is 42.2 Å². The molecule has 1 aliphatic carbocycles. The predicted octanol–water partition coefficient (Wildman–Crippen LogP) is 3.26. The zero-order chi connectivity index (χ0) is 26.1. The maximum atomic E-state index is 13.2. The van der Waals surface area contributed by atoms with Crippen molar-refractivity contribution in [3.05, 3.63) is 35.9 Å². The van der Waals surface area contributed by atoms with Crippen LogP contribution in [-0.2, 0) is 25.7 Å². The van der Waals surface area contributed by atoms with Gasteiger partial charge in [0.2, 0.25) is 17.9 Å². The molecule has 198 valence electrons. The summed E-state index contributed by atoms with van der Waals surface area (Å²) in [6.45, 7) is 6.44. The van der Waals surface area contributed by atoms with E-state index in [2.05, 4.69) is 16.1 Å². The molecule has 3 atom stereocenters. The minimum atomic E-state index is -1.15. The normalized spacial score (nSPS) is 18.9. The Morgan fingerprint density at radius 1 is 1.14 bits per heavy atom. The number of hydrazine groups is 1. The maximum absolute atomic E-state index is 13.2. The summed E-state index contributed by atoms with van der Waals surface area (Å²) in [5, 5.41) is 6.76. The van der Waals surface area contributed by atoms with E-state index in [0.29, 0.717) is 31.7 Å². The largest absolute Gasteiger partial charge is 0.445 e. The first kappa shape index (κ1) is 27.4. The van der Waals surface area contributed by atoms with Crippen molar-refractivity contribution < 1.29 is 28.7 Å². The van der Waals surface area contributed by atoms with E-state index >= 15 is 0 Å². The quantitative estimate of drug-likeness (QED) is 0.356. The van der Waals surface area contributed by atoms with Gasteiger partial charge in [-0.1, -0.05) is 63.9 Å². The SMILES string of the molecule is CCCC[C@H](NC(=O)[C@H](CC(C)C)NC(=O)OCc1ccccc1)C(=O)C1NN(CC2CC2)C(=O)O1. The molecule has 0 bridgehead atoms. The molecule has 10 nitrogen and oxygen atoms in total. The molecule has 0 aromatic heterocycles. The highest BCUT2D eigenvalue weighted by Crippen LogP contribution is 2.30. The van der Waals surface area contributed by atoms with E-state index in [1.165, 1.54) is 5.01 Å². The van der Waals surface area contributed by atoms with Gasteiger partial charge in [-0.15, -0.1) is 0 Å². The summed E-state index contributed by atoms with van der Waals surface area (Å²) in [6.07, 6.45) is 1.95. The molecule has 3 amide bonds. The van der Waals surface area contributed by atoms with Gasteiger partial charge in [0.15, 0.2) is 0 Å². The topological polar surface area (TPSA) is 126 Å². The second kappa shape index (κ2) is 13.2. The van der Waals surface area contributed by atoms with Crippen LogP contribution in [0.5, 0.6) is 0 Å². The first-order chi connectivity index (χ1) is 17.3. The summed E-state index contributed by atoms with van der Waals surface area (Å²) in [5.74, 6) is -0.361. The van der Waals surface area contributed by atoms with Crippen LogP contribution in [0.1, 0.15) is 64.9 Å². The minimum absolute atomic E-state index is 0.0797. The molecule has 3 N–H and O–H groups in total. The number of Topliss-reactive ketones (excluding diaryl/α,β-unsaturated/α-hetero) is 1. The van der Waals surface area contributed by atoms with Crippen LogP contribution >= 0.6 is 0 Å². The van der Waals surface area contributed by atoms with Crippen molar-refractivity contribution in [1.82, 2.24) is 21.1 Å². The molecule has 1 heterocycles. The van der Waals surface area contributed by atoms with Gasteiger partial charge in [-0.3, -0.25) is 9.59 Å². The molecule has 1 aromatic rings. The van der Waals surface area contributed by atoms with Crippen LogP contribution in [-0.4, -0.2) is 53.7 Å². The van der Waals surface area contributed by atoms with Crippen molar-refractivity contribution in [2.24, 2.45) is 11.8 Å². The highest BCUT2D eigenvalue weighted by Gasteiger charge is 2.41. The van der Waals surface area contributed by atoms with Gasteiger partial charge in [0.25, 0.3) is 0 Å². The predicted molar refractivity (Wildman–Crippen MR) is 132 cm³/mol. The Labute approximate surface area is 212 Å². The minimum Gasteiger partial charge on any atom is -0.445 e. The van der Waals surface area contributed by atoms with Crippen molar-refractivity contribution in [3.8, 4) is 0 Å². The van der Waals surface area contributed by atoms with Gasteiger partial charge < -0.3 is 20.1 Å². The maximum Gasteiger partial charge on any atom is 0.426 e. The average Bonchev–Trinajstić information content (AvgIpc) is 3.60. The molecule has 2 aliphatic rings. The van der Waals surface area contributed by atoms with Crippen LogP contribution in [0.2, 0.25) is 0 Å². The number of hydrogen-bond donors (Lipinski definition) is 3. The summed E-state index contributed by atoms with van der Waals surface area (Å²) in [7, 11) is 0. The molecular weight excluding hydrogens is 464 g/mol. The van der Waals surface area contributed by atoms with E-state index in [1.807, 2.05) is 51.1 Å². The molecule has 2 fully saturated rings. The number of unbranched alkanes of at least 4 members (excludes halogenated alkanes) is 1. The zero-order valence-corrected chi connectivity index (χ0v) is 21.3. The second-order valence-corrected chi connectivity index (χ2v) is 9.94. The number of hydrogen-bond acceptors (Lipinski definition) is 7. The summed E-state index contributed by atoms with van der Waals surface area (Å²) in [5.41, 5.74) is 3.67. The number of carbonyl (C=O) groups is 4. The lowest BCUT2D eigenvalue weighted by atomic mass is 10.0. The lowest BCUT2D eigenvalue weighted by Crippen LogP contribution is -2.55. The Bertz CT molecular complexity index is 905. The molecule has 10 heteroatoms. The molecule has 1 unspecified atom stereocenters. The van der Waals surface area contributed by atoms with E-state index in [-0.39, 0.29) is 12.5 Å². The highest BCUT2D eigenvalue weighted by molar-refractivity contribution is 5.95. The summed E-state index contributed by atoms with van der Waals surface area (Å²) in [4.78, 5) is 51.0. The van der Waals surface area contributed by atoms with E-state index in [0.717, 1.165) is 24.8 Å². The third kappa shape index (κ3) is 8.51. The number of ether oxygens (including phenoxy) is 2. The van der Waals surface area contributed by atoms with E-state index in [4.69, 9.17) is 9.47 Å². The fraction of sp³-hybridized carbons (Fsp3) is 0.615. The monoisotopic (exact) mass is 502 g/mol. The highest BCUT2D eigenvalue weighted by atomic mass is 16.6. The van der Waals surface area contributed by atoms with E-state index in [1.54, 1.807) is 0 Å². The van der Waals surface area contributed by atoms with Crippen LogP contribution in [0.3, 0.4) is 0 Å². The van der Waals surface area contributed by atoms with Crippen molar-refractivity contribution in [3.63, 3.8) is 0 Å². The molecule has 0 spiro atoms. The summed E-state index contributed by atoms with van der Waals surface area (Å²) >= 11 is 0. The Balaban J connectivity index is 1.60.